The van der Waals surface area contributed by atoms with Crippen molar-refractivity contribution in [3.05, 3.63) is 87.6 Å². The molecule has 4 rings (SSSR count). The van der Waals surface area contributed by atoms with Gasteiger partial charge in [-0.15, -0.1) is 0 Å². The van der Waals surface area contributed by atoms with Crippen molar-refractivity contribution in [1.82, 2.24) is 19.7 Å². The maximum atomic E-state index is 12.9. The number of hydrogen-bond donors (Lipinski definition) is 1. The number of fused-ring (bicyclic) bond motifs is 1. The van der Waals surface area contributed by atoms with E-state index in [1.54, 1.807) is 22.9 Å². The van der Waals surface area contributed by atoms with E-state index in [0.717, 1.165) is 16.8 Å². The number of aromatic nitrogens is 4. The van der Waals surface area contributed by atoms with E-state index in [0.29, 0.717) is 28.8 Å². The van der Waals surface area contributed by atoms with Crippen LogP contribution < -0.4 is 5.56 Å². The summed E-state index contributed by atoms with van der Waals surface area (Å²) in [6.45, 7) is 1.47. The number of rotatable bonds is 4. The Morgan fingerprint density at radius 3 is 2.73 bits per heavy atom. The highest BCUT2D eigenvalue weighted by atomic mass is 19.1. The van der Waals surface area contributed by atoms with Crippen molar-refractivity contribution in [3.63, 3.8) is 0 Å². The summed E-state index contributed by atoms with van der Waals surface area (Å²) < 4.78 is 14.6. The molecular formula is C20H17FN4O. The number of aromatic amines is 1. The molecule has 0 fully saturated rings. The van der Waals surface area contributed by atoms with Crippen LogP contribution in [0.3, 0.4) is 0 Å². The van der Waals surface area contributed by atoms with E-state index in [9.17, 15) is 9.18 Å². The second-order valence-electron chi connectivity index (χ2n) is 6.22. The van der Waals surface area contributed by atoms with Crippen LogP contribution in [0.4, 0.5) is 4.39 Å². The quantitative estimate of drug-likeness (QED) is 0.614. The van der Waals surface area contributed by atoms with Crippen LogP contribution in [-0.4, -0.2) is 19.7 Å². The largest absolute Gasteiger partial charge is 0.310 e. The molecule has 5 nitrogen and oxygen atoms in total. The average Bonchev–Trinajstić information content (AvgIpc) is 3.06. The fourth-order valence-electron chi connectivity index (χ4n) is 3.04. The zero-order chi connectivity index (χ0) is 18.1. The van der Waals surface area contributed by atoms with Gasteiger partial charge >= 0.3 is 0 Å². The van der Waals surface area contributed by atoms with Crippen molar-refractivity contribution in [2.24, 2.45) is 0 Å². The number of halogens is 1. The molecule has 0 radical (unpaired) electrons. The fraction of sp³-hybridized carbons (Fsp3) is 0.150. The third-order valence-corrected chi connectivity index (χ3v) is 4.35. The predicted molar refractivity (Wildman–Crippen MR) is 98.3 cm³/mol. The van der Waals surface area contributed by atoms with Crippen molar-refractivity contribution in [1.29, 1.82) is 0 Å². The Kier molecular flexibility index (Phi) is 4.08. The van der Waals surface area contributed by atoms with Gasteiger partial charge in [-0.1, -0.05) is 42.5 Å². The van der Waals surface area contributed by atoms with E-state index in [4.69, 9.17) is 0 Å². The molecule has 0 atom stereocenters. The summed E-state index contributed by atoms with van der Waals surface area (Å²) in [5.41, 5.74) is 3.70. The molecule has 6 heteroatoms. The normalized spacial score (nSPS) is 11.2. The number of hydrogen-bond acceptors (Lipinski definition) is 3. The number of nitrogens with one attached hydrogen (secondary N) is 1. The molecular weight excluding hydrogens is 331 g/mol. The number of nitrogens with zero attached hydrogens (tertiary/aromatic N) is 3. The van der Waals surface area contributed by atoms with Crippen molar-refractivity contribution in [2.75, 3.05) is 0 Å². The second kappa shape index (κ2) is 6.55. The topological polar surface area (TPSA) is 63.6 Å². The van der Waals surface area contributed by atoms with Gasteiger partial charge in [0.2, 0.25) is 0 Å². The maximum Gasteiger partial charge on any atom is 0.262 e. The summed E-state index contributed by atoms with van der Waals surface area (Å²) in [5, 5.41) is 4.79. The Morgan fingerprint density at radius 2 is 1.92 bits per heavy atom. The molecule has 0 amide bonds. The molecule has 1 N–H and O–H groups in total. The zero-order valence-corrected chi connectivity index (χ0v) is 14.2. The lowest BCUT2D eigenvalue weighted by atomic mass is 10.1. The highest BCUT2D eigenvalue weighted by Gasteiger charge is 2.13. The summed E-state index contributed by atoms with van der Waals surface area (Å²) in [4.78, 5) is 19.9. The van der Waals surface area contributed by atoms with Gasteiger partial charge in [0.05, 0.1) is 11.9 Å². The third-order valence-electron chi connectivity index (χ3n) is 4.35. The molecule has 4 aromatic rings. The van der Waals surface area contributed by atoms with Gasteiger partial charge in [0.1, 0.15) is 17.9 Å². The van der Waals surface area contributed by atoms with E-state index in [1.165, 1.54) is 6.20 Å². The first kappa shape index (κ1) is 16.2. The zero-order valence-electron chi connectivity index (χ0n) is 14.2. The van der Waals surface area contributed by atoms with Crippen LogP contribution in [0.25, 0.3) is 16.7 Å². The minimum absolute atomic E-state index is 0.230. The minimum Gasteiger partial charge on any atom is -0.310 e. The molecule has 0 saturated carbocycles. The van der Waals surface area contributed by atoms with Crippen LogP contribution in [0.1, 0.15) is 22.5 Å². The van der Waals surface area contributed by atoms with Crippen LogP contribution in [0.2, 0.25) is 0 Å². The fourth-order valence-corrected chi connectivity index (χ4v) is 3.04. The molecule has 0 spiro atoms. The summed E-state index contributed by atoms with van der Waals surface area (Å²) in [7, 11) is 0. The molecule has 0 aliphatic heterocycles. The molecule has 0 unspecified atom stereocenters. The maximum absolute atomic E-state index is 12.9. The monoisotopic (exact) mass is 348 g/mol. The summed E-state index contributed by atoms with van der Waals surface area (Å²) in [5.74, 6) is 0.522. The van der Waals surface area contributed by atoms with E-state index in [-0.39, 0.29) is 5.56 Å². The van der Waals surface area contributed by atoms with Gasteiger partial charge in [-0.05, 0) is 29.7 Å². The Labute approximate surface area is 149 Å². The first-order valence-corrected chi connectivity index (χ1v) is 8.32. The van der Waals surface area contributed by atoms with Gasteiger partial charge in [0.25, 0.3) is 5.56 Å². The number of alkyl halides is 1. The van der Waals surface area contributed by atoms with Crippen molar-refractivity contribution in [3.8, 4) is 5.69 Å². The molecule has 2 heterocycles. The van der Waals surface area contributed by atoms with Crippen molar-refractivity contribution in [2.45, 2.75) is 20.0 Å². The third kappa shape index (κ3) is 2.90. The average molecular weight is 348 g/mol. The van der Waals surface area contributed by atoms with Crippen LogP contribution in [0.15, 0.2) is 59.5 Å². The van der Waals surface area contributed by atoms with Gasteiger partial charge in [-0.2, -0.15) is 5.10 Å². The van der Waals surface area contributed by atoms with Gasteiger partial charge < -0.3 is 4.98 Å². The minimum atomic E-state index is -0.517. The van der Waals surface area contributed by atoms with Gasteiger partial charge in [-0.3, -0.25) is 4.79 Å². The summed E-state index contributed by atoms with van der Waals surface area (Å²) in [6, 6.07) is 15.0. The molecule has 2 aromatic heterocycles. The van der Waals surface area contributed by atoms with Crippen molar-refractivity contribution < 1.29 is 4.39 Å². The number of aryl methyl sites for hydroxylation is 1. The SMILES string of the molecule is Cc1ccccc1-n1ncc2c(=O)[nH]c(Cc3cccc(CF)c3)nc21. The highest BCUT2D eigenvalue weighted by Crippen LogP contribution is 2.18. The Bertz CT molecular complexity index is 1150. The molecule has 2 aromatic carbocycles. The standard InChI is InChI=1S/C20H17FN4O/c1-13-5-2-3-8-17(13)25-19-16(12-22-25)20(26)24-18(23-19)10-14-6-4-7-15(9-14)11-21/h2-9,12H,10-11H2,1H3,(H,23,24,26). The smallest absolute Gasteiger partial charge is 0.262 e. The van der Waals surface area contributed by atoms with Gasteiger partial charge in [0, 0.05) is 6.42 Å². The molecule has 0 aliphatic carbocycles. The van der Waals surface area contributed by atoms with E-state index >= 15 is 0 Å². The molecule has 0 aliphatic rings. The Balaban J connectivity index is 1.81. The first-order chi connectivity index (χ1) is 12.7. The lowest BCUT2D eigenvalue weighted by Crippen LogP contribution is -2.13. The summed E-state index contributed by atoms with van der Waals surface area (Å²) >= 11 is 0. The Hall–Kier alpha value is -3.28. The van der Waals surface area contributed by atoms with Gasteiger partial charge in [-0.25, -0.2) is 14.1 Å². The first-order valence-electron chi connectivity index (χ1n) is 8.32. The van der Waals surface area contributed by atoms with E-state index < -0.39 is 6.67 Å². The molecule has 0 bridgehead atoms. The van der Waals surface area contributed by atoms with Crippen molar-refractivity contribution >= 4 is 11.0 Å². The van der Waals surface area contributed by atoms with Crippen LogP contribution in [0.5, 0.6) is 0 Å². The lowest BCUT2D eigenvalue weighted by molar-refractivity contribution is 0.485. The van der Waals surface area contributed by atoms with Crippen LogP contribution in [0, 0.1) is 6.92 Å². The van der Waals surface area contributed by atoms with Gasteiger partial charge in [0.15, 0.2) is 5.65 Å². The van der Waals surface area contributed by atoms with E-state index in [2.05, 4.69) is 15.1 Å². The Morgan fingerprint density at radius 1 is 1.12 bits per heavy atom. The predicted octanol–water partition coefficient (Wildman–Crippen LogP) is 3.48. The highest BCUT2D eigenvalue weighted by molar-refractivity contribution is 5.75. The molecule has 0 saturated heterocycles. The number of para-hydroxylation sites is 1. The molecule has 130 valence electrons. The van der Waals surface area contributed by atoms with Crippen LogP contribution >= 0.6 is 0 Å². The van der Waals surface area contributed by atoms with Crippen LogP contribution in [-0.2, 0) is 13.1 Å². The lowest BCUT2D eigenvalue weighted by Gasteiger charge is -2.07. The number of benzene rings is 2. The summed E-state index contributed by atoms with van der Waals surface area (Å²) in [6.07, 6.45) is 1.94. The number of H-pyrrole nitrogens is 1. The van der Waals surface area contributed by atoms with E-state index in [1.807, 2.05) is 37.3 Å². The molecule has 26 heavy (non-hydrogen) atoms. The second-order valence-corrected chi connectivity index (χ2v) is 6.22.